The first kappa shape index (κ1) is 19.5. The number of hydrogen-bond acceptors (Lipinski definition) is 5. The van der Waals surface area contributed by atoms with Crippen molar-refractivity contribution in [3.05, 3.63) is 23.9 Å². The summed E-state index contributed by atoms with van der Waals surface area (Å²) in [4.78, 5) is 33.1. The molecule has 0 saturated carbocycles. The summed E-state index contributed by atoms with van der Waals surface area (Å²) in [7, 11) is 0. The third-order valence-corrected chi connectivity index (χ3v) is 4.93. The Bertz CT molecular complexity index is 655. The van der Waals surface area contributed by atoms with Gasteiger partial charge in [-0.25, -0.2) is 9.78 Å². The number of anilines is 1. The Kier molecular flexibility index (Phi) is 5.87. The number of aromatic nitrogens is 1. The van der Waals surface area contributed by atoms with Gasteiger partial charge < -0.3 is 19.9 Å². The van der Waals surface area contributed by atoms with Crippen molar-refractivity contribution in [2.45, 2.75) is 58.1 Å². The number of nitrogens with one attached hydrogen (secondary N) is 1. The van der Waals surface area contributed by atoms with Gasteiger partial charge in [-0.2, -0.15) is 0 Å². The van der Waals surface area contributed by atoms with Gasteiger partial charge in [0.25, 0.3) is 5.91 Å². The SMILES string of the molecule is CC(C)(C)OC(=O)NC1CCN(C(=O)c2ccc(N3CCCC3)nc2)CC1. The predicted octanol–water partition coefficient (Wildman–Crippen LogP) is 2.81. The molecule has 3 rings (SSSR count). The Balaban J connectivity index is 1.49. The van der Waals surface area contributed by atoms with E-state index in [1.54, 1.807) is 6.20 Å². The van der Waals surface area contributed by atoms with Crippen LogP contribution in [-0.2, 0) is 4.74 Å². The van der Waals surface area contributed by atoms with Gasteiger partial charge in [-0.3, -0.25) is 4.79 Å². The monoisotopic (exact) mass is 374 g/mol. The average Bonchev–Trinajstić information content (AvgIpc) is 3.15. The van der Waals surface area contributed by atoms with Gasteiger partial charge in [0.1, 0.15) is 11.4 Å². The number of pyridine rings is 1. The smallest absolute Gasteiger partial charge is 0.407 e. The number of nitrogens with zero attached hydrogens (tertiary/aromatic N) is 3. The first-order valence-electron chi connectivity index (χ1n) is 9.81. The fourth-order valence-corrected chi connectivity index (χ4v) is 3.53. The van der Waals surface area contributed by atoms with Crippen molar-refractivity contribution < 1.29 is 14.3 Å². The van der Waals surface area contributed by atoms with Gasteiger partial charge in [0, 0.05) is 38.4 Å². The number of carbonyl (C=O) groups is 2. The summed E-state index contributed by atoms with van der Waals surface area (Å²) in [6, 6.07) is 3.85. The summed E-state index contributed by atoms with van der Waals surface area (Å²) < 4.78 is 5.29. The summed E-state index contributed by atoms with van der Waals surface area (Å²) in [6.45, 7) is 8.85. The number of piperidine rings is 1. The van der Waals surface area contributed by atoms with Crippen LogP contribution in [0.15, 0.2) is 18.3 Å². The van der Waals surface area contributed by atoms with E-state index in [1.807, 2.05) is 37.8 Å². The van der Waals surface area contributed by atoms with Crippen molar-refractivity contribution >= 4 is 17.8 Å². The Hall–Kier alpha value is -2.31. The number of likely N-dealkylation sites (tertiary alicyclic amines) is 1. The topological polar surface area (TPSA) is 74.8 Å². The summed E-state index contributed by atoms with van der Waals surface area (Å²) in [5.74, 6) is 0.954. The number of carbonyl (C=O) groups excluding carboxylic acids is 2. The summed E-state index contributed by atoms with van der Waals surface area (Å²) in [5, 5.41) is 2.90. The van der Waals surface area contributed by atoms with E-state index in [4.69, 9.17) is 4.74 Å². The molecule has 1 N–H and O–H groups in total. The van der Waals surface area contributed by atoms with E-state index in [9.17, 15) is 9.59 Å². The van der Waals surface area contributed by atoms with Crippen LogP contribution in [0.1, 0.15) is 56.8 Å². The van der Waals surface area contributed by atoms with E-state index in [2.05, 4.69) is 15.2 Å². The number of amides is 2. The summed E-state index contributed by atoms with van der Waals surface area (Å²) in [6.07, 6.45) is 5.15. The summed E-state index contributed by atoms with van der Waals surface area (Å²) >= 11 is 0. The van der Waals surface area contributed by atoms with Crippen LogP contribution in [-0.4, -0.2) is 59.7 Å². The Labute approximate surface area is 161 Å². The molecule has 7 nitrogen and oxygen atoms in total. The molecule has 1 aromatic rings. The van der Waals surface area contributed by atoms with Crippen molar-refractivity contribution in [3.8, 4) is 0 Å². The lowest BCUT2D eigenvalue weighted by molar-refractivity contribution is 0.0473. The average molecular weight is 374 g/mol. The zero-order valence-corrected chi connectivity index (χ0v) is 16.5. The van der Waals surface area contributed by atoms with Crippen LogP contribution in [0.3, 0.4) is 0 Å². The molecule has 2 aliphatic heterocycles. The minimum atomic E-state index is -0.505. The maximum atomic E-state index is 12.7. The van der Waals surface area contributed by atoms with Crippen LogP contribution in [0.5, 0.6) is 0 Å². The van der Waals surface area contributed by atoms with Gasteiger partial charge in [0.2, 0.25) is 0 Å². The molecule has 2 aliphatic rings. The molecule has 1 aromatic heterocycles. The van der Waals surface area contributed by atoms with Crippen LogP contribution in [0.2, 0.25) is 0 Å². The standard InChI is InChI=1S/C20H30N4O3/c1-20(2,3)27-19(26)22-16-8-12-24(13-9-16)18(25)15-6-7-17(21-14-15)23-10-4-5-11-23/h6-7,14,16H,4-5,8-13H2,1-3H3,(H,22,26). The van der Waals surface area contributed by atoms with Crippen LogP contribution in [0.4, 0.5) is 10.6 Å². The van der Waals surface area contributed by atoms with Crippen molar-refractivity contribution in [2.75, 3.05) is 31.1 Å². The lowest BCUT2D eigenvalue weighted by atomic mass is 10.0. The molecule has 0 aliphatic carbocycles. The molecule has 0 spiro atoms. The van der Waals surface area contributed by atoms with E-state index in [0.29, 0.717) is 18.7 Å². The molecule has 3 heterocycles. The molecular formula is C20H30N4O3. The molecule has 0 atom stereocenters. The third kappa shape index (κ3) is 5.34. The van der Waals surface area contributed by atoms with Crippen molar-refractivity contribution in [1.82, 2.24) is 15.2 Å². The number of hydrogen-bond donors (Lipinski definition) is 1. The van der Waals surface area contributed by atoms with Gasteiger partial charge in [-0.1, -0.05) is 0 Å². The maximum Gasteiger partial charge on any atom is 0.407 e. The molecule has 2 amide bonds. The van der Waals surface area contributed by atoms with Gasteiger partial charge >= 0.3 is 6.09 Å². The normalized spacial score (nSPS) is 18.5. The molecule has 148 valence electrons. The fourth-order valence-electron chi connectivity index (χ4n) is 3.53. The molecule has 0 unspecified atom stereocenters. The highest BCUT2D eigenvalue weighted by molar-refractivity contribution is 5.94. The van der Waals surface area contributed by atoms with E-state index in [-0.39, 0.29) is 11.9 Å². The second kappa shape index (κ2) is 8.15. The van der Waals surface area contributed by atoms with E-state index >= 15 is 0 Å². The molecule has 2 saturated heterocycles. The van der Waals surface area contributed by atoms with Crippen LogP contribution < -0.4 is 10.2 Å². The molecule has 27 heavy (non-hydrogen) atoms. The Morgan fingerprint density at radius 2 is 1.78 bits per heavy atom. The Morgan fingerprint density at radius 1 is 1.11 bits per heavy atom. The van der Waals surface area contributed by atoms with Crippen molar-refractivity contribution in [3.63, 3.8) is 0 Å². The van der Waals surface area contributed by atoms with Crippen LogP contribution >= 0.6 is 0 Å². The van der Waals surface area contributed by atoms with Crippen LogP contribution in [0, 0.1) is 0 Å². The minimum absolute atomic E-state index is 0.00573. The first-order chi connectivity index (χ1) is 12.8. The summed E-state index contributed by atoms with van der Waals surface area (Å²) in [5.41, 5.74) is 0.117. The van der Waals surface area contributed by atoms with Gasteiger partial charge in [-0.15, -0.1) is 0 Å². The van der Waals surface area contributed by atoms with Crippen molar-refractivity contribution in [1.29, 1.82) is 0 Å². The number of ether oxygens (including phenoxy) is 1. The second-order valence-electron chi connectivity index (χ2n) is 8.31. The van der Waals surface area contributed by atoms with Gasteiger partial charge in [0.15, 0.2) is 0 Å². The second-order valence-corrected chi connectivity index (χ2v) is 8.31. The third-order valence-electron chi connectivity index (χ3n) is 4.93. The molecule has 2 fully saturated rings. The highest BCUT2D eigenvalue weighted by atomic mass is 16.6. The quantitative estimate of drug-likeness (QED) is 0.881. The molecule has 0 aromatic carbocycles. The van der Waals surface area contributed by atoms with Gasteiger partial charge in [0.05, 0.1) is 5.56 Å². The lowest BCUT2D eigenvalue weighted by Crippen LogP contribution is -2.47. The van der Waals surface area contributed by atoms with Gasteiger partial charge in [-0.05, 0) is 58.6 Å². The molecule has 0 radical (unpaired) electrons. The zero-order chi connectivity index (χ0) is 19.4. The molecule has 0 bridgehead atoms. The van der Waals surface area contributed by atoms with Crippen molar-refractivity contribution in [2.24, 2.45) is 0 Å². The molecule has 7 heteroatoms. The first-order valence-corrected chi connectivity index (χ1v) is 9.81. The number of rotatable bonds is 3. The molecular weight excluding hydrogens is 344 g/mol. The Morgan fingerprint density at radius 3 is 2.33 bits per heavy atom. The maximum absolute atomic E-state index is 12.7. The minimum Gasteiger partial charge on any atom is -0.444 e. The largest absolute Gasteiger partial charge is 0.444 e. The van der Waals surface area contributed by atoms with Crippen LogP contribution in [0.25, 0.3) is 0 Å². The van der Waals surface area contributed by atoms with E-state index in [0.717, 1.165) is 31.7 Å². The fraction of sp³-hybridized carbons (Fsp3) is 0.650. The predicted molar refractivity (Wildman–Crippen MR) is 104 cm³/mol. The van der Waals surface area contributed by atoms with E-state index in [1.165, 1.54) is 12.8 Å². The van der Waals surface area contributed by atoms with E-state index < -0.39 is 11.7 Å². The number of alkyl carbamates (subject to hydrolysis) is 1. The highest BCUT2D eigenvalue weighted by Crippen LogP contribution is 2.19. The lowest BCUT2D eigenvalue weighted by Gasteiger charge is -2.33. The highest BCUT2D eigenvalue weighted by Gasteiger charge is 2.26. The zero-order valence-electron chi connectivity index (χ0n) is 16.5.